The van der Waals surface area contributed by atoms with E-state index >= 15 is 0 Å². The Kier molecular flexibility index (Phi) is 4.63. The van der Waals surface area contributed by atoms with Gasteiger partial charge < -0.3 is 30.1 Å². The van der Waals surface area contributed by atoms with Crippen molar-refractivity contribution in [2.24, 2.45) is 5.41 Å². The summed E-state index contributed by atoms with van der Waals surface area (Å²) in [6.45, 7) is 0. The first kappa shape index (κ1) is 18.8. The summed E-state index contributed by atoms with van der Waals surface area (Å²) in [4.78, 5) is 15.6. The van der Waals surface area contributed by atoms with Gasteiger partial charge >= 0.3 is 5.97 Å². The molecular formula is C21H20N2O6. The van der Waals surface area contributed by atoms with Gasteiger partial charge in [0.15, 0.2) is 11.5 Å². The average molecular weight is 396 g/mol. The number of hydrogen-bond acceptors (Lipinski definition) is 7. The van der Waals surface area contributed by atoms with Crippen molar-refractivity contribution in [1.82, 2.24) is 4.98 Å². The number of fused-ring (bicyclic) bond motifs is 1. The number of aliphatic carboxylic acids is 1. The van der Waals surface area contributed by atoms with E-state index in [1.54, 1.807) is 42.6 Å². The fourth-order valence-corrected chi connectivity index (χ4v) is 3.17. The minimum Gasteiger partial charge on any atom is -0.504 e. The number of phenolic OH excluding ortho intramolecular Hbond substituents is 1. The summed E-state index contributed by atoms with van der Waals surface area (Å²) < 4.78 is 11.0. The van der Waals surface area contributed by atoms with E-state index in [1.807, 2.05) is 0 Å². The number of hydrogen-bond donors (Lipinski definition) is 4. The summed E-state index contributed by atoms with van der Waals surface area (Å²) in [6, 6.07) is 11.6. The molecule has 29 heavy (non-hydrogen) atoms. The molecule has 3 aromatic rings. The van der Waals surface area contributed by atoms with Gasteiger partial charge in [-0.3, -0.25) is 9.78 Å². The SMILES string of the molecule is COc1cc2nccc(Oc3ccc(NC(O)C4(C(=O)O)CC4)cc3)c2cc1O. The minimum atomic E-state index is -1.16. The number of aromatic nitrogens is 1. The van der Waals surface area contributed by atoms with Gasteiger partial charge in [0.1, 0.15) is 23.1 Å². The van der Waals surface area contributed by atoms with Crippen molar-refractivity contribution in [2.45, 2.75) is 19.1 Å². The number of phenols is 1. The maximum absolute atomic E-state index is 11.3. The molecule has 1 atom stereocenters. The summed E-state index contributed by atoms with van der Waals surface area (Å²) in [5.74, 6) is 0.357. The van der Waals surface area contributed by atoms with Gasteiger partial charge in [-0.2, -0.15) is 0 Å². The van der Waals surface area contributed by atoms with Crippen LogP contribution >= 0.6 is 0 Å². The molecule has 1 aromatic heterocycles. The Labute approximate surface area is 166 Å². The molecule has 0 saturated heterocycles. The normalized spacial score (nSPS) is 15.5. The Morgan fingerprint density at radius 3 is 2.52 bits per heavy atom. The Hall–Kier alpha value is -3.52. The van der Waals surface area contributed by atoms with Crippen molar-refractivity contribution in [2.75, 3.05) is 12.4 Å². The maximum atomic E-state index is 11.3. The lowest BCUT2D eigenvalue weighted by Crippen LogP contribution is -2.36. The molecule has 8 heteroatoms. The van der Waals surface area contributed by atoms with Crippen molar-refractivity contribution < 1.29 is 29.6 Å². The molecule has 1 aliphatic rings. The van der Waals surface area contributed by atoms with E-state index < -0.39 is 17.6 Å². The van der Waals surface area contributed by atoms with Crippen LogP contribution in [0.15, 0.2) is 48.7 Å². The number of pyridine rings is 1. The Balaban J connectivity index is 1.52. The van der Waals surface area contributed by atoms with Gasteiger partial charge in [0, 0.05) is 23.3 Å². The van der Waals surface area contributed by atoms with Crippen LogP contribution in [0.5, 0.6) is 23.0 Å². The summed E-state index contributed by atoms with van der Waals surface area (Å²) in [5.41, 5.74) is 0.0927. The van der Waals surface area contributed by atoms with E-state index in [9.17, 15) is 20.1 Å². The third-order valence-corrected chi connectivity index (χ3v) is 5.13. The van der Waals surface area contributed by atoms with Crippen LogP contribution in [-0.2, 0) is 4.79 Å². The van der Waals surface area contributed by atoms with Crippen molar-refractivity contribution >= 4 is 22.6 Å². The number of benzene rings is 2. The molecule has 0 spiro atoms. The van der Waals surface area contributed by atoms with Gasteiger partial charge in [-0.05, 0) is 49.2 Å². The second-order valence-corrected chi connectivity index (χ2v) is 6.98. The van der Waals surface area contributed by atoms with E-state index in [0.29, 0.717) is 46.7 Å². The van der Waals surface area contributed by atoms with Gasteiger partial charge in [0.25, 0.3) is 0 Å². The molecule has 1 unspecified atom stereocenters. The summed E-state index contributed by atoms with van der Waals surface area (Å²) >= 11 is 0. The maximum Gasteiger partial charge on any atom is 0.314 e. The molecule has 1 saturated carbocycles. The number of nitrogens with one attached hydrogen (secondary N) is 1. The van der Waals surface area contributed by atoms with Crippen molar-refractivity contribution in [3.8, 4) is 23.0 Å². The monoisotopic (exact) mass is 396 g/mol. The number of carboxylic acid groups (broad SMARTS) is 1. The molecular weight excluding hydrogens is 376 g/mol. The molecule has 8 nitrogen and oxygen atoms in total. The molecule has 4 rings (SSSR count). The lowest BCUT2D eigenvalue weighted by Gasteiger charge is -2.20. The van der Waals surface area contributed by atoms with Crippen LogP contribution in [0.2, 0.25) is 0 Å². The Morgan fingerprint density at radius 2 is 1.90 bits per heavy atom. The number of nitrogens with zero attached hydrogens (tertiary/aromatic N) is 1. The zero-order valence-corrected chi connectivity index (χ0v) is 15.6. The number of aliphatic hydroxyl groups excluding tert-OH is 1. The van der Waals surface area contributed by atoms with Crippen LogP contribution in [0, 0.1) is 5.41 Å². The molecule has 2 aromatic carbocycles. The lowest BCUT2D eigenvalue weighted by atomic mass is 10.1. The third-order valence-electron chi connectivity index (χ3n) is 5.13. The van der Waals surface area contributed by atoms with E-state index in [4.69, 9.17) is 9.47 Å². The molecule has 1 fully saturated rings. The van der Waals surface area contributed by atoms with Gasteiger partial charge in [-0.15, -0.1) is 0 Å². The fraction of sp³-hybridized carbons (Fsp3) is 0.238. The number of ether oxygens (including phenoxy) is 2. The van der Waals surface area contributed by atoms with E-state index in [2.05, 4.69) is 10.3 Å². The van der Waals surface area contributed by atoms with Crippen LogP contribution in [0.25, 0.3) is 10.9 Å². The highest BCUT2D eigenvalue weighted by atomic mass is 16.5. The third kappa shape index (κ3) is 3.50. The molecule has 0 radical (unpaired) electrons. The quantitative estimate of drug-likeness (QED) is 0.449. The topological polar surface area (TPSA) is 121 Å². The number of methoxy groups -OCH3 is 1. The summed E-state index contributed by atoms with van der Waals surface area (Å²) in [7, 11) is 1.47. The minimum absolute atomic E-state index is 0.0150. The predicted molar refractivity (Wildman–Crippen MR) is 105 cm³/mol. The molecule has 150 valence electrons. The second kappa shape index (κ2) is 7.14. The van der Waals surface area contributed by atoms with Gasteiger partial charge in [0.2, 0.25) is 0 Å². The number of rotatable bonds is 7. The van der Waals surface area contributed by atoms with Gasteiger partial charge in [-0.1, -0.05) is 0 Å². The van der Waals surface area contributed by atoms with Crippen molar-refractivity contribution in [3.05, 3.63) is 48.7 Å². The van der Waals surface area contributed by atoms with Gasteiger partial charge in [0.05, 0.1) is 12.6 Å². The van der Waals surface area contributed by atoms with Crippen LogP contribution in [0.3, 0.4) is 0 Å². The first-order valence-electron chi connectivity index (χ1n) is 9.04. The van der Waals surface area contributed by atoms with Crippen LogP contribution in [0.1, 0.15) is 12.8 Å². The first-order valence-corrected chi connectivity index (χ1v) is 9.04. The molecule has 0 aliphatic heterocycles. The van der Waals surface area contributed by atoms with Crippen LogP contribution in [-0.4, -0.2) is 39.6 Å². The highest BCUT2D eigenvalue weighted by Gasteiger charge is 2.56. The molecule has 4 N–H and O–H groups in total. The van der Waals surface area contributed by atoms with Gasteiger partial charge in [-0.25, -0.2) is 0 Å². The average Bonchev–Trinajstić information content (AvgIpc) is 3.52. The Morgan fingerprint density at radius 1 is 1.17 bits per heavy atom. The summed E-state index contributed by atoms with van der Waals surface area (Å²) in [5, 5.41) is 32.9. The highest BCUT2D eigenvalue weighted by molar-refractivity contribution is 5.88. The standard InChI is InChI=1S/C21H20N2O6/c1-28-18-11-15-14(10-16(18)24)17(6-9-22-15)29-13-4-2-12(3-5-13)23-19(25)21(7-8-21)20(26)27/h2-6,9-11,19,23-25H,7-8H2,1H3,(H,26,27). The largest absolute Gasteiger partial charge is 0.504 e. The molecule has 0 bridgehead atoms. The first-order chi connectivity index (χ1) is 13.9. The lowest BCUT2D eigenvalue weighted by molar-refractivity contribution is -0.147. The number of carboxylic acids is 1. The van der Waals surface area contributed by atoms with E-state index in [-0.39, 0.29) is 5.75 Å². The predicted octanol–water partition coefficient (Wildman–Crippen LogP) is 3.34. The van der Waals surface area contributed by atoms with Crippen LogP contribution in [0.4, 0.5) is 5.69 Å². The van der Waals surface area contributed by atoms with Crippen molar-refractivity contribution in [1.29, 1.82) is 0 Å². The zero-order valence-electron chi connectivity index (χ0n) is 15.6. The number of aliphatic hydroxyl groups is 1. The summed E-state index contributed by atoms with van der Waals surface area (Å²) in [6.07, 6.45) is 1.34. The zero-order chi connectivity index (χ0) is 20.6. The number of anilines is 1. The molecule has 1 aliphatic carbocycles. The fourth-order valence-electron chi connectivity index (χ4n) is 3.17. The molecule has 0 amide bonds. The Bertz CT molecular complexity index is 1060. The van der Waals surface area contributed by atoms with Crippen LogP contribution < -0.4 is 14.8 Å². The van der Waals surface area contributed by atoms with E-state index in [0.717, 1.165) is 0 Å². The van der Waals surface area contributed by atoms with Crippen molar-refractivity contribution in [3.63, 3.8) is 0 Å². The number of carbonyl (C=O) groups is 1. The number of aromatic hydroxyl groups is 1. The molecule has 1 heterocycles. The smallest absolute Gasteiger partial charge is 0.314 e. The highest BCUT2D eigenvalue weighted by Crippen LogP contribution is 2.49. The second-order valence-electron chi connectivity index (χ2n) is 6.98. The van der Waals surface area contributed by atoms with E-state index in [1.165, 1.54) is 13.2 Å².